The van der Waals surface area contributed by atoms with E-state index in [9.17, 15) is 4.79 Å². The van der Waals surface area contributed by atoms with Crippen LogP contribution >= 0.6 is 0 Å². The van der Waals surface area contributed by atoms with Crippen LogP contribution < -0.4 is 5.32 Å². The van der Waals surface area contributed by atoms with Crippen LogP contribution in [0.15, 0.2) is 42.5 Å². The van der Waals surface area contributed by atoms with Gasteiger partial charge in [-0.2, -0.15) is 0 Å². The molecule has 2 aliphatic heterocycles. The first-order valence-electron chi connectivity index (χ1n) is 8.97. The van der Waals surface area contributed by atoms with Gasteiger partial charge in [-0.25, -0.2) is 0 Å². The second-order valence-corrected chi connectivity index (χ2v) is 7.19. The molecular formula is C21H24N2O2. The van der Waals surface area contributed by atoms with E-state index in [1.54, 1.807) is 0 Å². The molecule has 4 rings (SSSR count). The number of aliphatic hydroxyl groups is 1. The van der Waals surface area contributed by atoms with Crippen molar-refractivity contribution >= 4 is 5.91 Å². The number of fused-ring (bicyclic) bond motifs is 3. The Morgan fingerprint density at radius 2 is 2.00 bits per heavy atom. The molecule has 2 aromatic carbocycles. The van der Waals surface area contributed by atoms with Crippen LogP contribution in [0, 0.1) is 5.92 Å². The highest BCUT2D eigenvalue weighted by molar-refractivity contribution is 5.97. The summed E-state index contributed by atoms with van der Waals surface area (Å²) in [5, 5.41) is 12.6. The van der Waals surface area contributed by atoms with E-state index in [4.69, 9.17) is 5.11 Å². The Morgan fingerprint density at radius 3 is 2.84 bits per heavy atom. The molecule has 25 heavy (non-hydrogen) atoms. The molecule has 1 amide bonds. The highest BCUT2D eigenvalue weighted by Gasteiger charge is 2.36. The van der Waals surface area contributed by atoms with Gasteiger partial charge < -0.3 is 15.3 Å². The molecule has 2 unspecified atom stereocenters. The number of nitrogens with zero attached hydrogens (tertiary/aromatic N) is 1. The lowest BCUT2D eigenvalue weighted by molar-refractivity contribution is 0.0784. The number of hydrogen-bond donors (Lipinski definition) is 2. The lowest BCUT2D eigenvalue weighted by Gasteiger charge is -2.19. The maximum absolute atomic E-state index is 12.9. The van der Waals surface area contributed by atoms with Gasteiger partial charge in [0.1, 0.15) is 0 Å². The molecule has 1 saturated heterocycles. The largest absolute Gasteiger partial charge is 0.396 e. The van der Waals surface area contributed by atoms with Crippen LogP contribution in [0.2, 0.25) is 0 Å². The topological polar surface area (TPSA) is 52.6 Å². The summed E-state index contributed by atoms with van der Waals surface area (Å²) in [6.07, 6.45) is 0.649. The summed E-state index contributed by atoms with van der Waals surface area (Å²) in [5.41, 5.74) is 5.28. The van der Waals surface area contributed by atoms with Gasteiger partial charge in [0.2, 0.25) is 0 Å². The Balaban J connectivity index is 1.77. The average molecular weight is 336 g/mol. The first-order chi connectivity index (χ1) is 12.2. The molecule has 1 fully saturated rings. The molecule has 4 nitrogen and oxygen atoms in total. The molecule has 4 heteroatoms. The summed E-state index contributed by atoms with van der Waals surface area (Å²) in [7, 11) is 1.90. The van der Waals surface area contributed by atoms with E-state index in [2.05, 4.69) is 29.6 Å². The quantitative estimate of drug-likeness (QED) is 0.904. The van der Waals surface area contributed by atoms with Gasteiger partial charge in [0.25, 0.3) is 5.91 Å². The van der Waals surface area contributed by atoms with E-state index in [0.717, 1.165) is 41.9 Å². The van der Waals surface area contributed by atoms with Crippen LogP contribution in [0.25, 0.3) is 11.1 Å². The van der Waals surface area contributed by atoms with Crippen LogP contribution in [0.5, 0.6) is 0 Å². The van der Waals surface area contributed by atoms with E-state index in [-0.39, 0.29) is 12.5 Å². The van der Waals surface area contributed by atoms with Crippen LogP contribution in [-0.2, 0) is 6.42 Å². The number of amides is 1. The van der Waals surface area contributed by atoms with Crippen LogP contribution in [0.1, 0.15) is 27.4 Å². The minimum Gasteiger partial charge on any atom is -0.396 e. The second-order valence-electron chi connectivity index (χ2n) is 7.19. The molecule has 0 aliphatic carbocycles. The monoisotopic (exact) mass is 336 g/mol. The maximum atomic E-state index is 12.9. The van der Waals surface area contributed by atoms with Gasteiger partial charge in [-0.15, -0.1) is 0 Å². The highest BCUT2D eigenvalue weighted by Crippen LogP contribution is 2.36. The zero-order chi connectivity index (χ0) is 17.4. The number of aliphatic hydroxyl groups excluding tert-OH is 1. The van der Waals surface area contributed by atoms with Crippen molar-refractivity contribution < 1.29 is 9.90 Å². The minimum atomic E-state index is 0.123. The molecule has 2 heterocycles. The van der Waals surface area contributed by atoms with Crippen molar-refractivity contribution in [3.05, 3.63) is 59.2 Å². The van der Waals surface area contributed by atoms with Crippen LogP contribution in [-0.4, -0.2) is 49.2 Å². The number of benzene rings is 2. The molecule has 130 valence electrons. The molecule has 2 N–H and O–H groups in total. The normalized spacial score (nSPS) is 22.5. The highest BCUT2D eigenvalue weighted by atomic mass is 16.3. The Bertz CT molecular complexity index is 802. The van der Waals surface area contributed by atoms with Crippen molar-refractivity contribution in [1.82, 2.24) is 10.2 Å². The van der Waals surface area contributed by atoms with Crippen LogP contribution in [0.4, 0.5) is 0 Å². The molecule has 0 aromatic heterocycles. The minimum absolute atomic E-state index is 0.123. The first kappa shape index (κ1) is 16.3. The standard InChI is InChI=1S/C21H24N2O2/c1-23-13-17-11-22-12-20(17)18-6-5-16(10-19(18)21(23)25)15-4-2-3-14(9-15)7-8-24/h2-6,9-10,17,20,22,24H,7-8,11-13H2,1H3. The van der Waals surface area contributed by atoms with Gasteiger partial charge in [-0.05, 0) is 40.7 Å². The summed E-state index contributed by atoms with van der Waals surface area (Å²) in [6, 6.07) is 14.5. The third-order valence-electron chi connectivity index (χ3n) is 5.54. The number of carbonyl (C=O) groups is 1. The molecule has 0 bridgehead atoms. The van der Waals surface area contributed by atoms with Gasteiger partial charge in [-0.1, -0.05) is 36.4 Å². The Morgan fingerprint density at radius 1 is 1.16 bits per heavy atom. The Hall–Kier alpha value is -2.17. The number of hydrogen-bond acceptors (Lipinski definition) is 3. The molecule has 2 aliphatic rings. The van der Waals surface area contributed by atoms with Crippen molar-refractivity contribution in [2.75, 3.05) is 33.3 Å². The summed E-state index contributed by atoms with van der Waals surface area (Å²) < 4.78 is 0. The Kier molecular flexibility index (Phi) is 4.32. The predicted octanol–water partition coefficient (Wildman–Crippen LogP) is 2.28. The zero-order valence-electron chi connectivity index (χ0n) is 14.5. The number of carbonyl (C=O) groups excluding carboxylic acids is 1. The lowest BCUT2D eigenvalue weighted by atomic mass is 9.86. The molecule has 0 saturated carbocycles. The lowest BCUT2D eigenvalue weighted by Crippen LogP contribution is -2.31. The molecule has 2 atom stereocenters. The maximum Gasteiger partial charge on any atom is 0.253 e. The van der Waals surface area contributed by atoms with E-state index in [0.29, 0.717) is 18.3 Å². The molecular weight excluding hydrogens is 312 g/mol. The fraction of sp³-hybridized carbons (Fsp3) is 0.381. The van der Waals surface area contributed by atoms with Crippen LogP contribution in [0.3, 0.4) is 0 Å². The van der Waals surface area contributed by atoms with E-state index >= 15 is 0 Å². The zero-order valence-corrected chi connectivity index (χ0v) is 14.5. The summed E-state index contributed by atoms with van der Waals surface area (Å²) in [5.74, 6) is 1.03. The van der Waals surface area contributed by atoms with E-state index in [1.165, 1.54) is 5.56 Å². The number of nitrogens with one attached hydrogen (secondary N) is 1. The second kappa shape index (κ2) is 6.62. The molecule has 0 spiro atoms. The SMILES string of the molecule is CN1CC2CNCC2c2ccc(-c3cccc(CCO)c3)cc2C1=O. The smallest absolute Gasteiger partial charge is 0.253 e. The fourth-order valence-electron chi connectivity index (χ4n) is 4.21. The van der Waals surface area contributed by atoms with Crippen molar-refractivity contribution in [1.29, 1.82) is 0 Å². The molecule has 0 radical (unpaired) electrons. The van der Waals surface area contributed by atoms with Gasteiger partial charge in [-0.3, -0.25) is 4.79 Å². The Labute approximate surface area is 148 Å². The van der Waals surface area contributed by atoms with Crippen molar-refractivity contribution in [3.63, 3.8) is 0 Å². The third kappa shape index (κ3) is 2.96. The van der Waals surface area contributed by atoms with E-state index in [1.807, 2.05) is 30.1 Å². The van der Waals surface area contributed by atoms with Crippen molar-refractivity contribution in [2.24, 2.45) is 5.92 Å². The van der Waals surface area contributed by atoms with Gasteiger partial charge in [0.15, 0.2) is 0 Å². The summed E-state index contributed by atoms with van der Waals surface area (Å²) >= 11 is 0. The fourth-order valence-corrected chi connectivity index (χ4v) is 4.21. The summed E-state index contributed by atoms with van der Waals surface area (Å²) in [4.78, 5) is 14.8. The van der Waals surface area contributed by atoms with Gasteiger partial charge >= 0.3 is 0 Å². The van der Waals surface area contributed by atoms with Gasteiger partial charge in [0.05, 0.1) is 0 Å². The third-order valence-corrected chi connectivity index (χ3v) is 5.54. The predicted molar refractivity (Wildman–Crippen MR) is 98.7 cm³/mol. The van der Waals surface area contributed by atoms with E-state index < -0.39 is 0 Å². The average Bonchev–Trinajstić information content (AvgIpc) is 3.05. The number of rotatable bonds is 3. The van der Waals surface area contributed by atoms with Crippen molar-refractivity contribution in [2.45, 2.75) is 12.3 Å². The summed E-state index contributed by atoms with van der Waals surface area (Å²) in [6.45, 7) is 2.89. The molecule has 2 aromatic rings. The van der Waals surface area contributed by atoms with Gasteiger partial charge in [0, 0.05) is 44.8 Å². The van der Waals surface area contributed by atoms with Crippen molar-refractivity contribution in [3.8, 4) is 11.1 Å². The first-order valence-corrected chi connectivity index (χ1v) is 8.97.